The number of hydrogen-bond acceptors (Lipinski definition) is 4. The van der Waals surface area contributed by atoms with Gasteiger partial charge in [0, 0.05) is 12.2 Å². The fourth-order valence-corrected chi connectivity index (χ4v) is 1.40. The normalized spacial score (nSPS) is 12.2. The largest absolute Gasteiger partial charge is 0.380 e. The van der Waals surface area contributed by atoms with Crippen LogP contribution >= 0.6 is 0 Å². The van der Waals surface area contributed by atoms with E-state index in [1.54, 1.807) is 6.20 Å². The highest BCUT2D eigenvalue weighted by Crippen LogP contribution is 2.13. The van der Waals surface area contributed by atoms with E-state index in [2.05, 4.69) is 42.3 Å². The molecular formula is C12H18N4. The number of pyridine rings is 1. The van der Waals surface area contributed by atoms with Crippen molar-refractivity contribution in [2.45, 2.75) is 19.4 Å². The van der Waals surface area contributed by atoms with Crippen LogP contribution in [-0.4, -0.2) is 36.6 Å². The van der Waals surface area contributed by atoms with Gasteiger partial charge < -0.3 is 10.2 Å². The molecule has 1 atom stereocenters. The summed E-state index contributed by atoms with van der Waals surface area (Å²) in [6, 6.07) is 6.14. The summed E-state index contributed by atoms with van der Waals surface area (Å²) in [7, 11) is 4.11. The molecule has 0 radical (unpaired) electrons. The van der Waals surface area contributed by atoms with Gasteiger partial charge in [0.05, 0.1) is 5.69 Å². The smallest absolute Gasteiger partial charge is 0.163 e. The van der Waals surface area contributed by atoms with Crippen LogP contribution in [0.1, 0.15) is 19.0 Å². The SMILES string of the molecule is CC(CCN(C)C)Nc1cccnc1C#N. The number of nitriles is 1. The highest BCUT2D eigenvalue weighted by Gasteiger charge is 2.06. The fourth-order valence-electron chi connectivity index (χ4n) is 1.40. The average Bonchev–Trinajstić information content (AvgIpc) is 2.27. The Morgan fingerprint density at radius 3 is 2.94 bits per heavy atom. The number of anilines is 1. The topological polar surface area (TPSA) is 52.0 Å². The van der Waals surface area contributed by atoms with Gasteiger partial charge in [-0.2, -0.15) is 5.26 Å². The quantitative estimate of drug-likeness (QED) is 0.817. The van der Waals surface area contributed by atoms with Crippen LogP contribution in [0.25, 0.3) is 0 Å². The van der Waals surface area contributed by atoms with Crippen molar-refractivity contribution in [3.63, 3.8) is 0 Å². The maximum Gasteiger partial charge on any atom is 0.163 e. The standard InChI is InChI=1S/C12H18N4/c1-10(6-8-16(2)3)15-11-5-4-7-14-12(11)9-13/h4-5,7,10,15H,6,8H2,1-3H3. The Hall–Kier alpha value is -1.60. The Bertz CT molecular complexity index is 368. The van der Waals surface area contributed by atoms with Crippen LogP contribution in [0.3, 0.4) is 0 Å². The van der Waals surface area contributed by atoms with Gasteiger partial charge in [-0.25, -0.2) is 4.98 Å². The summed E-state index contributed by atoms with van der Waals surface area (Å²) in [5.41, 5.74) is 1.27. The molecule has 1 aromatic heterocycles. The van der Waals surface area contributed by atoms with E-state index >= 15 is 0 Å². The first-order valence-corrected chi connectivity index (χ1v) is 5.40. The Kier molecular flexibility index (Phi) is 4.74. The Morgan fingerprint density at radius 2 is 2.31 bits per heavy atom. The summed E-state index contributed by atoms with van der Waals surface area (Å²) in [6.45, 7) is 3.13. The number of rotatable bonds is 5. The van der Waals surface area contributed by atoms with Crippen molar-refractivity contribution >= 4 is 5.69 Å². The average molecular weight is 218 g/mol. The molecule has 0 saturated carbocycles. The van der Waals surface area contributed by atoms with Crippen molar-refractivity contribution in [2.75, 3.05) is 26.0 Å². The first-order valence-electron chi connectivity index (χ1n) is 5.40. The molecule has 0 fully saturated rings. The lowest BCUT2D eigenvalue weighted by Gasteiger charge is -2.18. The van der Waals surface area contributed by atoms with E-state index in [-0.39, 0.29) is 0 Å². The van der Waals surface area contributed by atoms with Crippen molar-refractivity contribution in [3.05, 3.63) is 24.0 Å². The van der Waals surface area contributed by atoms with Crippen LogP contribution in [-0.2, 0) is 0 Å². The first kappa shape index (κ1) is 12.5. The maximum atomic E-state index is 8.89. The third kappa shape index (κ3) is 3.87. The third-order valence-corrected chi connectivity index (χ3v) is 2.32. The zero-order chi connectivity index (χ0) is 12.0. The van der Waals surface area contributed by atoms with Gasteiger partial charge in [0.25, 0.3) is 0 Å². The van der Waals surface area contributed by atoms with Crippen molar-refractivity contribution < 1.29 is 0 Å². The predicted octanol–water partition coefficient (Wildman–Crippen LogP) is 1.71. The zero-order valence-electron chi connectivity index (χ0n) is 10.1. The van der Waals surface area contributed by atoms with E-state index in [0.29, 0.717) is 11.7 Å². The maximum absolute atomic E-state index is 8.89. The van der Waals surface area contributed by atoms with Gasteiger partial charge >= 0.3 is 0 Å². The van der Waals surface area contributed by atoms with Crippen molar-refractivity contribution in [2.24, 2.45) is 0 Å². The van der Waals surface area contributed by atoms with E-state index in [1.807, 2.05) is 12.1 Å². The van der Waals surface area contributed by atoms with E-state index in [0.717, 1.165) is 18.7 Å². The van der Waals surface area contributed by atoms with E-state index in [1.165, 1.54) is 0 Å². The highest BCUT2D eigenvalue weighted by molar-refractivity contribution is 5.53. The van der Waals surface area contributed by atoms with Gasteiger partial charge in [0.15, 0.2) is 5.69 Å². The fraction of sp³-hybridized carbons (Fsp3) is 0.500. The van der Waals surface area contributed by atoms with Gasteiger partial charge in [-0.1, -0.05) is 0 Å². The van der Waals surface area contributed by atoms with Crippen LogP contribution in [0.15, 0.2) is 18.3 Å². The Labute approximate surface area is 96.9 Å². The molecule has 0 bridgehead atoms. The minimum absolute atomic E-state index is 0.332. The lowest BCUT2D eigenvalue weighted by molar-refractivity contribution is 0.390. The second-order valence-corrected chi connectivity index (χ2v) is 4.15. The van der Waals surface area contributed by atoms with E-state index in [4.69, 9.17) is 5.26 Å². The molecular weight excluding hydrogens is 200 g/mol. The number of nitrogens with zero attached hydrogens (tertiary/aromatic N) is 3. The summed E-state index contributed by atoms with van der Waals surface area (Å²) in [4.78, 5) is 6.16. The molecule has 16 heavy (non-hydrogen) atoms. The van der Waals surface area contributed by atoms with Gasteiger partial charge in [-0.3, -0.25) is 0 Å². The molecule has 1 rings (SSSR count). The Morgan fingerprint density at radius 1 is 1.56 bits per heavy atom. The summed E-state index contributed by atoms with van der Waals surface area (Å²) >= 11 is 0. The molecule has 1 aromatic rings. The van der Waals surface area contributed by atoms with Gasteiger partial charge in [0.1, 0.15) is 6.07 Å². The minimum atomic E-state index is 0.332. The molecule has 0 aromatic carbocycles. The molecule has 0 aliphatic carbocycles. The van der Waals surface area contributed by atoms with Crippen LogP contribution in [0, 0.1) is 11.3 Å². The summed E-state index contributed by atoms with van der Waals surface area (Å²) in [6.07, 6.45) is 2.67. The number of nitrogens with one attached hydrogen (secondary N) is 1. The summed E-state index contributed by atoms with van der Waals surface area (Å²) in [5, 5.41) is 12.2. The van der Waals surface area contributed by atoms with Crippen molar-refractivity contribution in [1.82, 2.24) is 9.88 Å². The molecule has 4 nitrogen and oxygen atoms in total. The molecule has 0 spiro atoms. The van der Waals surface area contributed by atoms with Crippen LogP contribution in [0.5, 0.6) is 0 Å². The molecule has 1 unspecified atom stereocenters. The Balaban J connectivity index is 2.56. The van der Waals surface area contributed by atoms with E-state index < -0.39 is 0 Å². The third-order valence-electron chi connectivity index (χ3n) is 2.32. The molecule has 0 aliphatic heterocycles. The summed E-state index contributed by atoms with van der Waals surface area (Å²) < 4.78 is 0. The van der Waals surface area contributed by atoms with Crippen LogP contribution in [0.4, 0.5) is 5.69 Å². The van der Waals surface area contributed by atoms with E-state index in [9.17, 15) is 0 Å². The lowest BCUT2D eigenvalue weighted by Crippen LogP contribution is -2.23. The van der Waals surface area contributed by atoms with Crippen LogP contribution < -0.4 is 5.32 Å². The molecule has 0 aliphatic rings. The molecule has 4 heteroatoms. The van der Waals surface area contributed by atoms with Crippen LogP contribution in [0.2, 0.25) is 0 Å². The predicted molar refractivity (Wildman–Crippen MR) is 65.2 cm³/mol. The van der Waals surface area contributed by atoms with Crippen molar-refractivity contribution in [3.8, 4) is 6.07 Å². The second-order valence-electron chi connectivity index (χ2n) is 4.15. The molecule has 1 heterocycles. The molecule has 0 saturated heterocycles. The molecule has 1 N–H and O–H groups in total. The zero-order valence-corrected chi connectivity index (χ0v) is 10.1. The van der Waals surface area contributed by atoms with Gasteiger partial charge in [-0.15, -0.1) is 0 Å². The van der Waals surface area contributed by atoms with Crippen molar-refractivity contribution in [1.29, 1.82) is 5.26 Å². The van der Waals surface area contributed by atoms with Gasteiger partial charge in [0.2, 0.25) is 0 Å². The molecule has 86 valence electrons. The summed E-state index contributed by atoms with van der Waals surface area (Å²) in [5.74, 6) is 0. The van der Waals surface area contributed by atoms with Gasteiger partial charge in [-0.05, 0) is 46.1 Å². The minimum Gasteiger partial charge on any atom is -0.380 e. The highest BCUT2D eigenvalue weighted by atomic mass is 15.1. The lowest BCUT2D eigenvalue weighted by atomic mass is 10.2. The first-order chi connectivity index (χ1) is 7.63. The second kappa shape index (κ2) is 6.09. The monoisotopic (exact) mass is 218 g/mol. The number of hydrogen-bond donors (Lipinski definition) is 1. The number of aromatic nitrogens is 1. The molecule has 0 amide bonds.